The van der Waals surface area contributed by atoms with E-state index < -0.39 is 5.91 Å². The van der Waals surface area contributed by atoms with E-state index in [1.54, 1.807) is 0 Å². The maximum Gasteiger partial charge on any atom is 0.300 e. The Hall–Kier alpha value is -2.99. The highest BCUT2D eigenvalue weighted by atomic mass is 16.1. The molecule has 0 spiro atoms. The number of anilines is 1. The maximum absolute atomic E-state index is 11.4. The zero-order chi connectivity index (χ0) is 17.1. The van der Waals surface area contributed by atoms with Crippen LogP contribution in [0.3, 0.4) is 0 Å². The van der Waals surface area contributed by atoms with Crippen LogP contribution in [0, 0.1) is 25.2 Å². The van der Waals surface area contributed by atoms with Crippen molar-refractivity contribution in [3.05, 3.63) is 58.2 Å². The van der Waals surface area contributed by atoms with Gasteiger partial charge in [0.1, 0.15) is 0 Å². The molecule has 1 aromatic heterocycles. The van der Waals surface area contributed by atoms with Crippen molar-refractivity contribution < 1.29 is 4.79 Å². The second kappa shape index (κ2) is 6.64. The number of hydrogen-bond donors (Lipinski definition) is 2. The summed E-state index contributed by atoms with van der Waals surface area (Å²) in [5.41, 5.74) is 4.14. The minimum atomic E-state index is -0.436. The molecule has 0 saturated carbocycles. The van der Waals surface area contributed by atoms with Gasteiger partial charge in [-0.2, -0.15) is 0 Å². The van der Waals surface area contributed by atoms with Gasteiger partial charge in [-0.1, -0.05) is 31.2 Å². The Labute approximate surface area is 141 Å². The van der Waals surface area contributed by atoms with Gasteiger partial charge < -0.3 is 10.3 Å². The number of rotatable bonds is 2. The van der Waals surface area contributed by atoms with E-state index in [4.69, 9.17) is 6.42 Å². The minimum Gasteiger partial charge on any atom is -0.361 e. The molecule has 3 heteroatoms. The summed E-state index contributed by atoms with van der Waals surface area (Å²) in [6.07, 6.45) is 14.9. The van der Waals surface area contributed by atoms with Crippen LogP contribution in [-0.4, -0.2) is 10.9 Å². The van der Waals surface area contributed by atoms with E-state index in [1.165, 1.54) is 16.1 Å². The smallest absolute Gasteiger partial charge is 0.300 e. The first-order chi connectivity index (χ1) is 11.6. The number of hydrogen-bond acceptors (Lipinski definition) is 1. The third-order valence-electron chi connectivity index (χ3n) is 4.20. The lowest BCUT2D eigenvalue weighted by Crippen LogP contribution is -2.25. The molecule has 0 bridgehead atoms. The average molecular weight is 316 g/mol. The molecule has 1 aliphatic carbocycles. The molecule has 1 atom stereocenters. The molecule has 1 aromatic carbocycles. The van der Waals surface area contributed by atoms with E-state index in [9.17, 15) is 4.79 Å². The monoisotopic (exact) mass is 316 g/mol. The van der Waals surface area contributed by atoms with Gasteiger partial charge >= 0.3 is 0 Å². The lowest BCUT2D eigenvalue weighted by Gasteiger charge is -2.11. The van der Waals surface area contributed by atoms with Gasteiger partial charge in [0, 0.05) is 22.5 Å². The second-order valence-corrected chi connectivity index (χ2v) is 6.16. The van der Waals surface area contributed by atoms with Gasteiger partial charge in [0.15, 0.2) is 0 Å². The van der Waals surface area contributed by atoms with Crippen molar-refractivity contribution in [2.75, 3.05) is 5.32 Å². The quantitative estimate of drug-likeness (QED) is 0.822. The molecule has 1 aliphatic rings. The van der Waals surface area contributed by atoms with Crippen molar-refractivity contribution in [1.29, 1.82) is 0 Å². The molecule has 120 valence electrons. The van der Waals surface area contributed by atoms with Crippen LogP contribution >= 0.6 is 0 Å². The lowest BCUT2D eigenvalue weighted by molar-refractivity contribution is -0.111. The first kappa shape index (κ1) is 15.9. The van der Waals surface area contributed by atoms with Crippen LogP contribution in [-0.2, 0) is 4.79 Å². The van der Waals surface area contributed by atoms with Crippen molar-refractivity contribution in [2.24, 2.45) is 5.92 Å². The van der Waals surface area contributed by atoms with E-state index in [2.05, 4.69) is 48.3 Å². The maximum atomic E-state index is 11.4. The summed E-state index contributed by atoms with van der Waals surface area (Å²) in [4.78, 5) is 14.8. The molecule has 0 saturated heterocycles. The number of H-pyrrole nitrogens is 1. The van der Waals surface area contributed by atoms with Gasteiger partial charge in [0.25, 0.3) is 5.91 Å². The van der Waals surface area contributed by atoms with Crippen LogP contribution in [0.1, 0.15) is 24.5 Å². The molecular formula is C21H20N2O. The molecule has 1 unspecified atom stereocenters. The fourth-order valence-corrected chi connectivity index (χ4v) is 2.92. The van der Waals surface area contributed by atoms with Crippen LogP contribution in [0.4, 0.5) is 5.69 Å². The number of aromatic nitrogens is 1. The molecule has 0 aliphatic heterocycles. The fraction of sp³-hybridized carbons (Fsp3) is 0.190. The summed E-state index contributed by atoms with van der Waals surface area (Å²) in [5.74, 6) is 2.07. The van der Waals surface area contributed by atoms with Crippen molar-refractivity contribution in [2.45, 2.75) is 20.3 Å². The Morgan fingerprint density at radius 3 is 3.04 bits per heavy atom. The van der Waals surface area contributed by atoms with Crippen molar-refractivity contribution in [3.8, 4) is 12.3 Å². The highest BCUT2D eigenvalue weighted by Gasteiger charge is 2.08. The lowest BCUT2D eigenvalue weighted by atomic mass is 9.95. The summed E-state index contributed by atoms with van der Waals surface area (Å²) in [7, 11) is 0. The molecule has 0 fully saturated rings. The Morgan fingerprint density at radius 2 is 2.25 bits per heavy atom. The first-order valence-electron chi connectivity index (χ1n) is 8.02. The third kappa shape index (κ3) is 3.33. The number of carbonyl (C=O) groups is 1. The third-order valence-corrected chi connectivity index (χ3v) is 4.20. The Kier molecular flexibility index (Phi) is 4.39. The van der Waals surface area contributed by atoms with E-state index in [0.717, 1.165) is 17.6 Å². The summed E-state index contributed by atoms with van der Waals surface area (Å²) in [6, 6.07) is 7.77. The molecule has 1 heterocycles. The van der Waals surface area contributed by atoms with Crippen LogP contribution in [0.5, 0.6) is 0 Å². The summed E-state index contributed by atoms with van der Waals surface area (Å²) in [6.45, 7) is 4.31. The molecule has 3 rings (SSSR count). The van der Waals surface area contributed by atoms with E-state index in [0.29, 0.717) is 11.6 Å². The molecule has 2 N–H and O–H groups in total. The van der Waals surface area contributed by atoms with Gasteiger partial charge in [-0.25, -0.2) is 0 Å². The highest BCUT2D eigenvalue weighted by Crippen LogP contribution is 2.23. The second-order valence-electron chi connectivity index (χ2n) is 6.16. The number of allylic oxidation sites excluding steroid dienone is 2. The fourth-order valence-electron chi connectivity index (χ4n) is 2.92. The number of benzene rings is 1. The van der Waals surface area contributed by atoms with Crippen molar-refractivity contribution in [1.82, 2.24) is 4.98 Å². The van der Waals surface area contributed by atoms with Gasteiger partial charge in [-0.15, -0.1) is 6.42 Å². The molecule has 1 amide bonds. The van der Waals surface area contributed by atoms with Crippen LogP contribution in [0.25, 0.3) is 17.7 Å². The Balaban J connectivity index is 2.09. The van der Waals surface area contributed by atoms with Crippen molar-refractivity contribution in [3.63, 3.8) is 0 Å². The average Bonchev–Trinajstić information content (AvgIpc) is 2.90. The number of amides is 1. The number of terminal acetylenes is 1. The predicted octanol–water partition coefficient (Wildman–Crippen LogP) is 2.58. The zero-order valence-electron chi connectivity index (χ0n) is 13.9. The van der Waals surface area contributed by atoms with E-state index >= 15 is 0 Å². The van der Waals surface area contributed by atoms with Gasteiger partial charge in [0.05, 0.1) is 0 Å². The van der Waals surface area contributed by atoms with E-state index in [-0.39, 0.29) is 0 Å². The van der Waals surface area contributed by atoms with E-state index in [1.807, 2.05) is 30.5 Å². The number of aromatic amines is 1. The normalized spacial score (nSPS) is 16.4. The largest absolute Gasteiger partial charge is 0.361 e. The number of fused-ring (bicyclic) bond motifs is 1. The molecular weight excluding hydrogens is 296 g/mol. The molecule has 2 aromatic rings. The molecule has 0 radical (unpaired) electrons. The van der Waals surface area contributed by atoms with Gasteiger partial charge in [-0.05, 0) is 60.1 Å². The minimum absolute atomic E-state index is 0.428. The summed E-state index contributed by atoms with van der Waals surface area (Å²) >= 11 is 0. The van der Waals surface area contributed by atoms with Crippen LogP contribution in [0.15, 0.2) is 36.5 Å². The topological polar surface area (TPSA) is 44.9 Å². The molecule has 3 nitrogen and oxygen atoms in total. The predicted molar refractivity (Wildman–Crippen MR) is 99.4 cm³/mol. The standard InChI is InChI=1S/C21H20N2O/c1-4-21(24)23-18-7-5-6-16(11-18)17-10-14(2)8-9-20-19(12-17)15(3)13-22-20/h1,5-7,9-14,22H,8H2,2-3H3,(H,23,24). The molecule has 24 heavy (non-hydrogen) atoms. The SMILES string of the molecule is C#CC(=O)Nc1cccc(C2=CC(C)CC=c3[nH]cc(C)c3=C2)c1. The number of carbonyl (C=O) groups excluding carboxylic acids is 1. The zero-order valence-corrected chi connectivity index (χ0v) is 13.9. The highest BCUT2D eigenvalue weighted by molar-refractivity contribution is 6.04. The summed E-state index contributed by atoms with van der Waals surface area (Å²) in [5, 5.41) is 5.09. The first-order valence-corrected chi connectivity index (χ1v) is 8.02. The van der Waals surface area contributed by atoms with Gasteiger partial charge in [-0.3, -0.25) is 4.79 Å². The Morgan fingerprint density at radius 1 is 1.42 bits per heavy atom. The van der Waals surface area contributed by atoms with Gasteiger partial charge in [0.2, 0.25) is 0 Å². The Bertz CT molecular complexity index is 970. The number of aryl methyl sites for hydroxylation is 1. The summed E-state index contributed by atoms with van der Waals surface area (Å²) < 4.78 is 0. The van der Waals surface area contributed by atoms with Crippen LogP contribution < -0.4 is 15.9 Å². The number of nitrogens with one attached hydrogen (secondary N) is 2. The van der Waals surface area contributed by atoms with Crippen molar-refractivity contribution >= 4 is 29.3 Å². The van der Waals surface area contributed by atoms with Crippen LogP contribution in [0.2, 0.25) is 0 Å².